The molecule has 1 rings (SSSR count). The molecule has 23 heavy (non-hydrogen) atoms. The number of carbonyl (C=O) groups excluding carboxylic acids is 1. The highest BCUT2D eigenvalue weighted by molar-refractivity contribution is 5.71. The first-order chi connectivity index (χ1) is 10.8. The van der Waals surface area contributed by atoms with Crippen LogP contribution in [0.5, 0.6) is 0 Å². The van der Waals surface area contributed by atoms with Crippen molar-refractivity contribution in [1.82, 2.24) is 5.32 Å². The Morgan fingerprint density at radius 3 is 2.13 bits per heavy atom. The normalized spacial score (nSPS) is 12.5. The van der Waals surface area contributed by atoms with Crippen LogP contribution in [-0.4, -0.2) is 23.2 Å². The number of amides is 1. The Bertz CT molecular complexity index is 491. The Balaban J connectivity index is 2.68. The fraction of sp³-hybridized carbons (Fsp3) is 0.556. The molecule has 0 saturated heterocycles. The number of carboxylic acid groups (broad SMARTS) is 1. The first kappa shape index (κ1) is 19.0. The van der Waals surface area contributed by atoms with Gasteiger partial charge in [0.05, 0.1) is 6.42 Å². The molecule has 1 atom stereocenters. The van der Waals surface area contributed by atoms with Crippen LogP contribution in [0.25, 0.3) is 0 Å². The third kappa shape index (κ3) is 6.72. The van der Waals surface area contributed by atoms with Gasteiger partial charge in [0, 0.05) is 6.04 Å². The summed E-state index contributed by atoms with van der Waals surface area (Å²) in [7, 11) is 0. The van der Waals surface area contributed by atoms with Gasteiger partial charge < -0.3 is 15.2 Å². The summed E-state index contributed by atoms with van der Waals surface area (Å²) in [5.74, 6) is -0.345. The van der Waals surface area contributed by atoms with Crippen LogP contribution in [0, 0.1) is 17.8 Å². The quantitative estimate of drug-likeness (QED) is 0.766. The minimum atomic E-state index is -0.926. The fourth-order valence-electron chi connectivity index (χ4n) is 3.09. The molecule has 128 valence electrons. The van der Waals surface area contributed by atoms with Crippen molar-refractivity contribution in [2.45, 2.75) is 46.8 Å². The minimum Gasteiger partial charge on any atom is -0.481 e. The molecule has 0 aliphatic heterocycles. The van der Waals surface area contributed by atoms with Gasteiger partial charge in [-0.15, -0.1) is 0 Å². The van der Waals surface area contributed by atoms with Gasteiger partial charge in [-0.1, -0.05) is 58.0 Å². The van der Waals surface area contributed by atoms with Crippen LogP contribution >= 0.6 is 0 Å². The highest BCUT2D eigenvalue weighted by Crippen LogP contribution is 2.26. The maximum Gasteiger partial charge on any atom is 0.407 e. The van der Waals surface area contributed by atoms with E-state index in [1.54, 1.807) is 0 Å². The molecule has 0 fully saturated rings. The molecule has 2 N–H and O–H groups in total. The van der Waals surface area contributed by atoms with E-state index in [0.717, 1.165) is 5.56 Å². The van der Waals surface area contributed by atoms with Gasteiger partial charge in [0.2, 0.25) is 0 Å². The van der Waals surface area contributed by atoms with Crippen molar-refractivity contribution >= 4 is 12.1 Å². The zero-order valence-corrected chi connectivity index (χ0v) is 14.3. The van der Waals surface area contributed by atoms with Crippen molar-refractivity contribution in [3.05, 3.63) is 35.9 Å². The fourth-order valence-corrected chi connectivity index (χ4v) is 3.09. The standard InChI is InChI=1S/C18H27NO4/c1-12(2)17(13(3)4)15(10-16(20)21)19-18(22)23-11-14-8-6-5-7-9-14/h5-9,12-13,15,17H,10-11H2,1-4H3,(H,19,22)(H,20,21)/t15-/m0/s1. The number of aliphatic carboxylic acids is 1. The first-order valence-corrected chi connectivity index (χ1v) is 8.00. The molecule has 0 heterocycles. The molecule has 0 spiro atoms. The van der Waals surface area contributed by atoms with Crippen LogP contribution in [0.3, 0.4) is 0 Å². The Labute approximate surface area is 138 Å². The lowest BCUT2D eigenvalue weighted by atomic mass is 9.78. The van der Waals surface area contributed by atoms with E-state index in [0.29, 0.717) is 0 Å². The van der Waals surface area contributed by atoms with E-state index in [1.807, 2.05) is 58.0 Å². The van der Waals surface area contributed by atoms with Crippen molar-refractivity contribution in [3.63, 3.8) is 0 Å². The molecule has 1 aromatic carbocycles. The molecule has 0 aliphatic carbocycles. The van der Waals surface area contributed by atoms with E-state index in [4.69, 9.17) is 9.84 Å². The van der Waals surface area contributed by atoms with Crippen molar-refractivity contribution in [2.75, 3.05) is 0 Å². The molecular weight excluding hydrogens is 294 g/mol. The maximum atomic E-state index is 12.0. The predicted molar refractivity (Wildman–Crippen MR) is 89.0 cm³/mol. The maximum absolute atomic E-state index is 12.0. The van der Waals surface area contributed by atoms with Gasteiger partial charge in [0.15, 0.2) is 0 Å². The third-order valence-corrected chi connectivity index (χ3v) is 3.91. The third-order valence-electron chi connectivity index (χ3n) is 3.91. The van der Waals surface area contributed by atoms with Crippen LogP contribution in [0.2, 0.25) is 0 Å². The molecule has 0 bridgehead atoms. The summed E-state index contributed by atoms with van der Waals surface area (Å²) < 4.78 is 5.21. The van der Waals surface area contributed by atoms with E-state index < -0.39 is 18.1 Å². The van der Waals surface area contributed by atoms with E-state index in [2.05, 4.69) is 5.32 Å². The van der Waals surface area contributed by atoms with Crippen molar-refractivity contribution in [1.29, 1.82) is 0 Å². The average Bonchev–Trinajstić information content (AvgIpc) is 2.44. The number of carbonyl (C=O) groups is 2. The summed E-state index contributed by atoms with van der Waals surface area (Å²) in [6.07, 6.45) is -0.687. The second-order valence-electron chi connectivity index (χ2n) is 6.48. The summed E-state index contributed by atoms with van der Waals surface area (Å²) in [6, 6.07) is 8.92. The lowest BCUT2D eigenvalue weighted by Gasteiger charge is -2.32. The number of carboxylic acids is 1. The number of ether oxygens (including phenoxy) is 1. The van der Waals surface area contributed by atoms with Crippen LogP contribution < -0.4 is 5.32 Å². The molecule has 5 heteroatoms. The van der Waals surface area contributed by atoms with Crippen LogP contribution in [-0.2, 0) is 16.1 Å². The summed E-state index contributed by atoms with van der Waals surface area (Å²) in [5.41, 5.74) is 0.890. The average molecular weight is 321 g/mol. The summed E-state index contributed by atoms with van der Waals surface area (Å²) in [6.45, 7) is 8.32. The molecule has 0 unspecified atom stereocenters. The monoisotopic (exact) mass is 321 g/mol. The van der Waals surface area contributed by atoms with Gasteiger partial charge in [-0.25, -0.2) is 4.79 Å². The van der Waals surface area contributed by atoms with Crippen molar-refractivity contribution in [2.24, 2.45) is 17.8 Å². The second-order valence-corrected chi connectivity index (χ2v) is 6.48. The first-order valence-electron chi connectivity index (χ1n) is 8.00. The van der Waals surface area contributed by atoms with Crippen molar-refractivity contribution < 1.29 is 19.4 Å². The smallest absolute Gasteiger partial charge is 0.407 e. The Morgan fingerprint density at radius 2 is 1.65 bits per heavy atom. The Morgan fingerprint density at radius 1 is 1.09 bits per heavy atom. The molecular formula is C18H27NO4. The second kappa shape index (κ2) is 9.18. The Hall–Kier alpha value is -2.04. The number of nitrogens with one attached hydrogen (secondary N) is 1. The molecule has 1 aromatic rings. The van der Waals surface area contributed by atoms with E-state index in [1.165, 1.54) is 0 Å². The van der Waals surface area contributed by atoms with Gasteiger partial charge in [0.1, 0.15) is 6.61 Å². The molecule has 0 aromatic heterocycles. The highest BCUT2D eigenvalue weighted by atomic mass is 16.5. The van der Waals surface area contributed by atoms with Crippen LogP contribution in [0.15, 0.2) is 30.3 Å². The predicted octanol–water partition coefficient (Wildman–Crippen LogP) is 3.68. The molecule has 0 aliphatic rings. The molecule has 0 saturated carbocycles. The molecule has 0 radical (unpaired) electrons. The summed E-state index contributed by atoms with van der Waals surface area (Å²) >= 11 is 0. The largest absolute Gasteiger partial charge is 0.481 e. The van der Waals surface area contributed by atoms with Gasteiger partial charge in [0.25, 0.3) is 0 Å². The van der Waals surface area contributed by atoms with E-state index in [-0.39, 0.29) is 30.8 Å². The number of rotatable bonds is 8. The molecule has 1 amide bonds. The van der Waals surface area contributed by atoms with Crippen molar-refractivity contribution in [3.8, 4) is 0 Å². The topological polar surface area (TPSA) is 75.6 Å². The highest BCUT2D eigenvalue weighted by Gasteiger charge is 2.30. The van der Waals surface area contributed by atoms with E-state index >= 15 is 0 Å². The lowest BCUT2D eigenvalue weighted by molar-refractivity contribution is -0.138. The van der Waals surface area contributed by atoms with Crippen LogP contribution in [0.1, 0.15) is 39.7 Å². The molecule has 5 nitrogen and oxygen atoms in total. The van der Waals surface area contributed by atoms with Crippen LogP contribution in [0.4, 0.5) is 4.79 Å². The summed E-state index contributed by atoms with van der Waals surface area (Å²) in [4.78, 5) is 23.2. The van der Waals surface area contributed by atoms with Gasteiger partial charge >= 0.3 is 12.1 Å². The Kier molecular flexibility index (Phi) is 7.59. The number of benzene rings is 1. The van der Waals surface area contributed by atoms with Gasteiger partial charge in [-0.2, -0.15) is 0 Å². The number of hydrogen-bond donors (Lipinski definition) is 2. The van der Waals surface area contributed by atoms with Gasteiger partial charge in [-0.05, 0) is 23.3 Å². The number of hydrogen-bond acceptors (Lipinski definition) is 3. The van der Waals surface area contributed by atoms with Gasteiger partial charge in [-0.3, -0.25) is 4.79 Å². The number of alkyl carbamates (subject to hydrolysis) is 1. The van der Waals surface area contributed by atoms with E-state index in [9.17, 15) is 9.59 Å². The SMILES string of the molecule is CC(C)C(C(C)C)[C@H](CC(=O)O)NC(=O)OCc1ccccc1. The lowest BCUT2D eigenvalue weighted by Crippen LogP contribution is -2.45. The summed E-state index contributed by atoms with van der Waals surface area (Å²) in [5, 5.41) is 11.9. The minimum absolute atomic E-state index is 0.0652. The zero-order valence-electron chi connectivity index (χ0n) is 14.3. The zero-order chi connectivity index (χ0) is 17.4.